The minimum atomic E-state index is -0.604. The Morgan fingerprint density at radius 3 is 2.96 bits per heavy atom. The third-order valence-electron chi connectivity index (χ3n) is 4.21. The van der Waals surface area contributed by atoms with Crippen molar-refractivity contribution < 1.29 is 14.3 Å². The minimum Gasteiger partial charge on any atom is -0.391 e. The number of halogens is 1. The monoisotopic (exact) mass is 331 g/mol. The number of hydrogen-bond donors (Lipinski definition) is 1. The molecule has 1 N–H and O–H groups in total. The molecular formula is C18H22FN3O2. The molecule has 1 aliphatic heterocycles. The molecule has 1 amide bonds. The van der Waals surface area contributed by atoms with Crippen molar-refractivity contribution >= 4 is 5.91 Å². The zero-order chi connectivity index (χ0) is 17.3. The Morgan fingerprint density at radius 1 is 1.46 bits per heavy atom. The van der Waals surface area contributed by atoms with Gasteiger partial charge in [0.15, 0.2) is 0 Å². The predicted octanol–water partition coefficient (Wildman–Crippen LogP) is 2.63. The Hall–Kier alpha value is -2.21. The number of hydrogen-bond acceptors (Lipinski definition) is 3. The van der Waals surface area contributed by atoms with Crippen LogP contribution in [0.3, 0.4) is 0 Å². The van der Waals surface area contributed by atoms with E-state index < -0.39 is 6.10 Å². The number of nitrogens with zero attached hydrogens (tertiary/aromatic N) is 3. The van der Waals surface area contributed by atoms with Crippen LogP contribution < -0.4 is 0 Å². The lowest BCUT2D eigenvalue weighted by atomic mass is 10.0. The number of aromatic nitrogens is 2. The summed E-state index contributed by atoms with van der Waals surface area (Å²) >= 11 is 0. The first kappa shape index (κ1) is 16.6. The van der Waals surface area contributed by atoms with Crippen molar-refractivity contribution in [1.29, 1.82) is 0 Å². The van der Waals surface area contributed by atoms with Gasteiger partial charge in [0.05, 0.1) is 23.9 Å². The number of aliphatic hydroxyl groups is 1. The molecule has 0 spiro atoms. The molecule has 0 aliphatic carbocycles. The molecular weight excluding hydrogens is 309 g/mol. The van der Waals surface area contributed by atoms with E-state index in [1.807, 2.05) is 0 Å². The molecule has 3 rings (SSSR count). The number of rotatable bonds is 4. The van der Waals surface area contributed by atoms with Crippen LogP contribution in [0.25, 0.3) is 0 Å². The second-order valence-corrected chi connectivity index (χ2v) is 6.76. The van der Waals surface area contributed by atoms with E-state index in [2.05, 4.69) is 18.9 Å². The van der Waals surface area contributed by atoms with Crippen molar-refractivity contribution in [3.8, 4) is 0 Å². The average molecular weight is 331 g/mol. The zero-order valence-corrected chi connectivity index (χ0v) is 13.9. The van der Waals surface area contributed by atoms with Gasteiger partial charge in [-0.3, -0.25) is 9.48 Å². The Bertz CT molecular complexity index is 729. The van der Waals surface area contributed by atoms with Crippen LogP contribution in [0.2, 0.25) is 0 Å². The third kappa shape index (κ3) is 3.48. The first-order valence-electron chi connectivity index (χ1n) is 8.21. The normalized spacial score (nSPS) is 20.8. The van der Waals surface area contributed by atoms with Crippen molar-refractivity contribution in [2.45, 2.75) is 39.0 Å². The van der Waals surface area contributed by atoms with E-state index in [4.69, 9.17) is 0 Å². The summed E-state index contributed by atoms with van der Waals surface area (Å²) in [6.45, 7) is 5.15. The van der Waals surface area contributed by atoms with E-state index in [9.17, 15) is 14.3 Å². The number of likely N-dealkylation sites (tertiary alicyclic amines) is 1. The molecule has 1 aliphatic rings. The highest BCUT2D eigenvalue weighted by Gasteiger charge is 2.36. The fourth-order valence-corrected chi connectivity index (χ4v) is 3.18. The predicted molar refractivity (Wildman–Crippen MR) is 87.9 cm³/mol. The molecule has 128 valence electrons. The number of aliphatic hydroxyl groups excluding tert-OH is 1. The van der Waals surface area contributed by atoms with Crippen LogP contribution in [0.4, 0.5) is 4.39 Å². The molecule has 6 heteroatoms. The van der Waals surface area contributed by atoms with E-state index >= 15 is 0 Å². The Balaban J connectivity index is 1.83. The molecule has 0 radical (unpaired) electrons. The minimum absolute atomic E-state index is 0.184. The van der Waals surface area contributed by atoms with Crippen LogP contribution >= 0.6 is 0 Å². The van der Waals surface area contributed by atoms with Crippen LogP contribution in [-0.2, 0) is 6.54 Å². The summed E-state index contributed by atoms with van der Waals surface area (Å²) in [6.07, 6.45) is 3.09. The summed E-state index contributed by atoms with van der Waals surface area (Å²) in [6, 6.07) is 5.88. The maximum Gasteiger partial charge on any atom is 0.257 e. The Labute approximate surface area is 140 Å². The van der Waals surface area contributed by atoms with Crippen molar-refractivity contribution in [2.24, 2.45) is 5.92 Å². The lowest BCUT2D eigenvalue weighted by Gasteiger charge is -2.24. The molecule has 24 heavy (non-hydrogen) atoms. The molecule has 0 unspecified atom stereocenters. The second-order valence-electron chi connectivity index (χ2n) is 6.76. The summed E-state index contributed by atoms with van der Waals surface area (Å²) < 4.78 is 15.3. The second kappa shape index (κ2) is 6.73. The molecule has 1 saturated heterocycles. The van der Waals surface area contributed by atoms with E-state index in [0.717, 1.165) is 6.54 Å². The van der Waals surface area contributed by atoms with Crippen molar-refractivity contribution in [3.05, 3.63) is 53.6 Å². The number of benzene rings is 1. The highest BCUT2D eigenvalue weighted by molar-refractivity contribution is 5.94. The molecule has 2 atom stereocenters. The largest absolute Gasteiger partial charge is 0.391 e. The van der Waals surface area contributed by atoms with Gasteiger partial charge in [-0.2, -0.15) is 5.10 Å². The van der Waals surface area contributed by atoms with Gasteiger partial charge in [0, 0.05) is 19.3 Å². The average Bonchev–Trinajstić information content (AvgIpc) is 3.12. The van der Waals surface area contributed by atoms with Crippen molar-refractivity contribution in [2.75, 3.05) is 6.54 Å². The lowest BCUT2D eigenvalue weighted by Crippen LogP contribution is -2.31. The SMILES string of the molecule is CC(C)Cn1cc(C(=O)N2C[C@H](O)C[C@@H]2c2cccc(F)c2)cn1. The molecule has 2 heterocycles. The van der Waals surface area contributed by atoms with Crippen LogP contribution in [0.1, 0.15) is 42.2 Å². The van der Waals surface area contributed by atoms with Crippen LogP contribution in [-0.4, -0.2) is 38.3 Å². The smallest absolute Gasteiger partial charge is 0.257 e. The van der Waals surface area contributed by atoms with Gasteiger partial charge in [-0.05, 0) is 30.0 Å². The molecule has 1 fully saturated rings. The number of β-amino-alcohol motifs (C(OH)–C–C–N with tert-alkyl or cyclic N) is 1. The van der Waals surface area contributed by atoms with E-state index in [1.54, 1.807) is 34.1 Å². The fourth-order valence-electron chi connectivity index (χ4n) is 3.18. The van der Waals surface area contributed by atoms with E-state index in [0.29, 0.717) is 23.5 Å². The van der Waals surface area contributed by atoms with Gasteiger partial charge in [0.2, 0.25) is 0 Å². The zero-order valence-electron chi connectivity index (χ0n) is 13.9. The fraction of sp³-hybridized carbons (Fsp3) is 0.444. The van der Waals surface area contributed by atoms with Gasteiger partial charge in [0.25, 0.3) is 5.91 Å². The maximum atomic E-state index is 13.5. The molecule has 0 saturated carbocycles. The Morgan fingerprint density at radius 2 is 2.25 bits per heavy atom. The highest BCUT2D eigenvalue weighted by Crippen LogP contribution is 2.33. The number of carbonyl (C=O) groups excluding carboxylic acids is 1. The third-order valence-corrected chi connectivity index (χ3v) is 4.21. The van der Waals surface area contributed by atoms with Crippen molar-refractivity contribution in [1.82, 2.24) is 14.7 Å². The van der Waals surface area contributed by atoms with Crippen LogP contribution in [0.5, 0.6) is 0 Å². The van der Waals surface area contributed by atoms with E-state index in [1.165, 1.54) is 12.1 Å². The van der Waals surface area contributed by atoms with Gasteiger partial charge in [-0.25, -0.2) is 4.39 Å². The van der Waals surface area contributed by atoms with Gasteiger partial charge < -0.3 is 10.0 Å². The molecule has 1 aromatic heterocycles. The maximum absolute atomic E-state index is 13.5. The quantitative estimate of drug-likeness (QED) is 0.937. The summed E-state index contributed by atoms with van der Waals surface area (Å²) in [5, 5.41) is 14.2. The molecule has 0 bridgehead atoms. The van der Waals surface area contributed by atoms with Gasteiger partial charge in [-0.15, -0.1) is 0 Å². The lowest BCUT2D eigenvalue weighted by molar-refractivity contribution is 0.0715. The number of amides is 1. The molecule has 5 nitrogen and oxygen atoms in total. The highest BCUT2D eigenvalue weighted by atomic mass is 19.1. The molecule has 1 aromatic carbocycles. The summed E-state index contributed by atoms with van der Waals surface area (Å²) in [7, 11) is 0. The Kier molecular flexibility index (Phi) is 4.66. The van der Waals surface area contributed by atoms with Gasteiger partial charge >= 0.3 is 0 Å². The topological polar surface area (TPSA) is 58.4 Å². The van der Waals surface area contributed by atoms with Gasteiger partial charge in [0.1, 0.15) is 5.82 Å². The van der Waals surface area contributed by atoms with Gasteiger partial charge in [-0.1, -0.05) is 26.0 Å². The number of carbonyl (C=O) groups is 1. The standard InChI is InChI=1S/C18H22FN3O2/c1-12(2)9-21-10-14(8-20-21)18(24)22-11-16(23)7-17(22)13-4-3-5-15(19)6-13/h3-6,8,10,12,16-17,23H,7,9,11H2,1-2H3/t16-,17-/m1/s1. The van der Waals surface area contributed by atoms with Crippen LogP contribution in [0, 0.1) is 11.7 Å². The summed E-state index contributed by atoms with van der Waals surface area (Å²) in [5.41, 5.74) is 1.20. The first-order valence-corrected chi connectivity index (χ1v) is 8.21. The van der Waals surface area contributed by atoms with Crippen molar-refractivity contribution in [3.63, 3.8) is 0 Å². The summed E-state index contributed by atoms with van der Waals surface area (Å²) in [5.74, 6) is -0.0941. The molecule has 2 aromatic rings. The van der Waals surface area contributed by atoms with E-state index in [-0.39, 0.29) is 24.3 Å². The van der Waals surface area contributed by atoms with Crippen LogP contribution in [0.15, 0.2) is 36.7 Å². The summed E-state index contributed by atoms with van der Waals surface area (Å²) in [4.78, 5) is 14.4. The first-order chi connectivity index (χ1) is 11.4.